The zero-order valence-electron chi connectivity index (χ0n) is 12.0. The van der Waals surface area contributed by atoms with E-state index in [-0.39, 0.29) is 0 Å². The summed E-state index contributed by atoms with van der Waals surface area (Å²) < 4.78 is 8.08. The molecule has 0 fully saturated rings. The molecule has 1 aromatic rings. The van der Waals surface area contributed by atoms with Crippen molar-refractivity contribution in [2.24, 2.45) is 5.92 Å². The monoisotopic (exact) mass is 250 g/mol. The molecule has 0 atom stereocenters. The zero-order chi connectivity index (χ0) is 13.0. The van der Waals surface area contributed by atoms with Gasteiger partial charge in [-0.05, 0) is 44.9 Å². The molecule has 1 aliphatic rings. The van der Waals surface area contributed by atoms with E-state index < -0.39 is 0 Å². The molecule has 3 heteroatoms. The highest BCUT2D eigenvalue weighted by molar-refractivity contribution is 5.19. The van der Waals surface area contributed by atoms with Gasteiger partial charge in [-0.25, -0.2) is 4.98 Å². The quantitative estimate of drug-likeness (QED) is 0.725. The lowest BCUT2D eigenvalue weighted by molar-refractivity contribution is 0.115. The highest BCUT2D eigenvalue weighted by atomic mass is 16.5. The van der Waals surface area contributed by atoms with Crippen LogP contribution in [0.5, 0.6) is 0 Å². The molecule has 1 aliphatic carbocycles. The summed E-state index contributed by atoms with van der Waals surface area (Å²) in [6.07, 6.45) is 6.13. The summed E-state index contributed by atoms with van der Waals surface area (Å²) in [7, 11) is 0. The van der Waals surface area contributed by atoms with Crippen molar-refractivity contribution >= 4 is 0 Å². The van der Waals surface area contributed by atoms with Gasteiger partial charge >= 0.3 is 0 Å². The van der Waals surface area contributed by atoms with Crippen LogP contribution in [0.2, 0.25) is 0 Å². The van der Waals surface area contributed by atoms with E-state index >= 15 is 0 Å². The molecular weight excluding hydrogens is 224 g/mol. The molecule has 102 valence electrons. The Kier molecular flexibility index (Phi) is 4.81. The van der Waals surface area contributed by atoms with Crippen molar-refractivity contribution in [2.75, 3.05) is 13.2 Å². The Balaban J connectivity index is 1.84. The second-order valence-electron chi connectivity index (χ2n) is 5.71. The van der Waals surface area contributed by atoms with Gasteiger partial charge < -0.3 is 9.30 Å². The fourth-order valence-electron chi connectivity index (χ4n) is 2.61. The summed E-state index contributed by atoms with van der Waals surface area (Å²) in [5, 5.41) is 0. The number of fused-ring (bicyclic) bond motifs is 1. The Morgan fingerprint density at radius 3 is 2.78 bits per heavy atom. The summed E-state index contributed by atoms with van der Waals surface area (Å²) in [5.41, 5.74) is 2.80. The van der Waals surface area contributed by atoms with Crippen molar-refractivity contribution in [3.05, 3.63) is 17.2 Å². The highest BCUT2D eigenvalue weighted by Gasteiger charge is 2.17. The summed E-state index contributed by atoms with van der Waals surface area (Å²) in [6, 6.07) is 0. The first-order valence-corrected chi connectivity index (χ1v) is 7.31. The Bertz CT molecular complexity index is 382. The van der Waals surface area contributed by atoms with Gasteiger partial charge in [0.15, 0.2) is 0 Å². The molecular formula is C15H26N2O. The van der Waals surface area contributed by atoms with Crippen LogP contribution in [0.3, 0.4) is 0 Å². The van der Waals surface area contributed by atoms with E-state index in [2.05, 4.69) is 30.3 Å². The number of imidazole rings is 1. The van der Waals surface area contributed by atoms with Crippen LogP contribution in [0.1, 0.15) is 50.3 Å². The highest BCUT2D eigenvalue weighted by Crippen LogP contribution is 2.21. The number of ether oxygens (including phenoxy) is 1. The Morgan fingerprint density at radius 2 is 2.00 bits per heavy atom. The van der Waals surface area contributed by atoms with E-state index in [9.17, 15) is 0 Å². The molecule has 0 aromatic carbocycles. The van der Waals surface area contributed by atoms with Gasteiger partial charge in [0, 0.05) is 18.8 Å². The van der Waals surface area contributed by atoms with Gasteiger partial charge in [-0.3, -0.25) is 0 Å². The van der Waals surface area contributed by atoms with Crippen LogP contribution in [-0.4, -0.2) is 22.8 Å². The largest absolute Gasteiger partial charge is 0.380 e. The van der Waals surface area contributed by atoms with Gasteiger partial charge in [0.25, 0.3) is 0 Å². The van der Waals surface area contributed by atoms with E-state index in [1.807, 2.05) is 0 Å². The van der Waals surface area contributed by atoms with Crippen LogP contribution in [0.4, 0.5) is 0 Å². The first-order chi connectivity index (χ1) is 8.68. The molecule has 18 heavy (non-hydrogen) atoms. The molecule has 1 aromatic heterocycles. The van der Waals surface area contributed by atoms with E-state index in [1.165, 1.54) is 30.7 Å². The SMILES string of the molecule is Cc1nc2c(n1CCOCCC(C)C)CCCC2. The van der Waals surface area contributed by atoms with Crippen molar-refractivity contribution in [3.63, 3.8) is 0 Å². The third kappa shape index (κ3) is 3.35. The third-order valence-electron chi connectivity index (χ3n) is 3.72. The lowest BCUT2D eigenvalue weighted by atomic mass is 10.0. The number of aromatic nitrogens is 2. The predicted molar refractivity (Wildman–Crippen MR) is 73.9 cm³/mol. The van der Waals surface area contributed by atoms with Crippen LogP contribution in [0.15, 0.2) is 0 Å². The lowest BCUT2D eigenvalue weighted by Crippen LogP contribution is -2.13. The molecule has 0 radical (unpaired) electrons. The summed E-state index contributed by atoms with van der Waals surface area (Å²) in [6.45, 7) is 9.25. The molecule has 2 rings (SSSR count). The number of hydrogen-bond acceptors (Lipinski definition) is 2. The fourth-order valence-corrected chi connectivity index (χ4v) is 2.61. The van der Waals surface area contributed by atoms with Gasteiger partial charge in [0.05, 0.1) is 12.3 Å². The van der Waals surface area contributed by atoms with Crippen molar-refractivity contribution in [3.8, 4) is 0 Å². The summed E-state index contributed by atoms with van der Waals surface area (Å²) in [5.74, 6) is 1.89. The maximum atomic E-state index is 5.72. The molecule has 3 nitrogen and oxygen atoms in total. The number of rotatable bonds is 6. The standard InChI is InChI=1S/C15H26N2O/c1-12(2)8-10-18-11-9-17-13(3)16-14-6-4-5-7-15(14)17/h12H,4-11H2,1-3H3. The minimum Gasteiger partial charge on any atom is -0.380 e. The topological polar surface area (TPSA) is 27.1 Å². The maximum absolute atomic E-state index is 5.72. The first-order valence-electron chi connectivity index (χ1n) is 7.31. The van der Waals surface area contributed by atoms with Gasteiger partial charge in [-0.2, -0.15) is 0 Å². The van der Waals surface area contributed by atoms with Gasteiger partial charge in [0.1, 0.15) is 5.82 Å². The Morgan fingerprint density at radius 1 is 1.22 bits per heavy atom. The number of hydrogen-bond donors (Lipinski definition) is 0. The van der Waals surface area contributed by atoms with E-state index in [0.717, 1.165) is 44.3 Å². The number of nitrogens with zero attached hydrogens (tertiary/aromatic N) is 2. The average molecular weight is 250 g/mol. The molecule has 0 unspecified atom stereocenters. The van der Waals surface area contributed by atoms with Gasteiger partial charge in [-0.15, -0.1) is 0 Å². The molecule has 0 bridgehead atoms. The summed E-state index contributed by atoms with van der Waals surface area (Å²) >= 11 is 0. The van der Waals surface area contributed by atoms with Gasteiger partial charge in [-0.1, -0.05) is 13.8 Å². The minimum absolute atomic E-state index is 0.729. The molecule has 0 N–H and O–H groups in total. The maximum Gasteiger partial charge on any atom is 0.106 e. The van der Waals surface area contributed by atoms with Crippen molar-refractivity contribution in [2.45, 2.75) is 59.4 Å². The van der Waals surface area contributed by atoms with Crippen LogP contribution < -0.4 is 0 Å². The first kappa shape index (κ1) is 13.6. The van der Waals surface area contributed by atoms with Crippen molar-refractivity contribution < 1.29 is 4.74 Å². The molecule has 0 aliphatic heterocycles. The number of aryl methyl sites for hydroxylation is 2. The second kappa shape index (κ2) is 6.37. The molecule has 0 amide bonds. The van der Waals surface area contributed by atoms with Gasteiger partial charge in [0.2, 0.25) is 0 Å². The minimum atomic E-state index is 0.729. The summed E-state index contributed by atoms with van der Waals surface area (Å²) in [4.78, 5) is 4.69. The molecule has 1 heterocycles. The van der Waals surface area contributed by atoms with E-state index in [0.29, 0.717) is 0 Å². The van der Waals surface area contributed by atoms with Crippen LogP contribution >= 0.6 is 0 Å². The van der Waals surface area contributed by atoms with Crippen LogP contribution in [0, 0.1) is 12.8 Å². The average Bonchev–Trinajstić information content (AvgIpc) is 2.65. The van der Waals surface area contributed by atoms with Crippen molar-refractivity contribution in [1.29, 1.82) is 0 Å². The predicted octanol–water partition coefficient (Wildman–Crippen LogP) is 3.13. The van der Waals surface area contributed by atoms with E-state index in [4.69, 9.17) is 4.74 Å². The normalized spacial score (nSPS) is 15.1. The smallest absolute Gasteiger partial charge is 0.106 e. The van der Waals surface area contributed by atoms with Crippen LogP contribution in [0.25, 0.3) is 0 Å². The third-order valence-corrected chi connectivity index (χ3v) is 3.72. The zero-order valence-corrected chi connectivity index (χ0v) is 12.0. The second-order valence-corrected chi connectivity index (χ2v) is 5.71. The lowest BCUT2D eigenvalue weighted by Gasteiger charge is -2.15. The molecule has 0 spiro atoms. The van der Waals surface area contributed by atoms with Crippen molar-refractivity contribution in [1.82, 2.24) is 9.55 Å². The van der Waals surface area contributed by atoms with E-state index in [1.54, 1.807) is 0 Å². The molecule has 0 saturated carbocycles. The molecule has 0 saturated heterocycles. The fraction of sp³-hybridized carbons (Fsp3) is 0.800. The van der Waals surface area contributed by atoms with Crippen LogP contribution in [-0.2, 0) is 24.1 Å². The Hall–Kier alpha value is -0.830. The Labute approximate surface area is 111 Å².